The molecule has 0 spiro atoms. The molecular weight excluding hydrogens is 362 g/mol. The lowest BCUT2D eigenvalue weighted by Gasteiger charge is -2.10. The summed E-state index contributed by atoms with van der Waals surface area (Å²) in [4.78, 5) is 25.0. The van der Waals surface area contributed by atoms with Crippen molar-refractivity contribution in [3.63, 3.8) is 0 Å². The van der Waals surface area contributed by atoms with Crippen LogP contribution in [-0.4, -0.2) is 28.4 Å². The quantitative estimate of drug-likeness (QED) is 0.660. The van der Waals surface area contributed by atoms with E-state index in [1.165, 1.54) is 0 Å². The van der Waals surface area contributed by atoms with Crippen molar-refractivity contribution in [3.8, 4) is 0 Å². The highest BCUT2D eigenvalue weighted by atomic mass is 32.2. The highest BCUT2D eigenvalue weighted by Crippen LogP contribution is 2.23. The minimum atomic E-state index is -1.29. The molecule has 6 heteroatoms. The van der Waals surface area contributed by atoms with Gasteiger partial charge < -0.3 is 10.1 Å². The number of anilines is 1. The highest BCUT2D eigenvalue weighted by Gasteiger charge is 2.17. The number of amides is 1. The monoisotopic (exact) mass is 381 g/mol. The van der Waals surface area contributed by atoms with Gasteiger partial charge in [-0.05, 0) is 23.6 Å². The summed E-state index contributed by atoms with van der Waals surface area (Å²) in [5.41, 5.74) is 0.872. The number of ether oxygens (including phenoxy) is 1. The molecule has 138 valence electrons. The van der Waals surface area contributed by atoms with Crippen molar-refractivity contribution in [1.82, 2.24) is 0 Å². The van der Waals surface area contributed by atoms with Crippen molar-refractivity contribution < 1.29 is 18.5 Å². The topological polar surface area (TPSA) is 72.5 Å². The van der Waals surface area contributed by atoms with Crippen LogP contribution in [0.4, 0.5) is 5.69 Å². The van der Waals surface area contributed by atoms with Crippen LogP contribution in [0.15, 0.2) is 71.6 Å². The normalized spacial score (nSPS) is 11.7. The lowest BCUT2D eigenvalue weighted by Crippen LogP contribution is -2.21. The maximum absolute atomic E-state index is 12.3. The molecule has 5 nitrogen and oxygen atoms in total. The van der Waals surface area contributed by atoms with Crippen LogP contribution < -0.4 is 5.32 Å². The lowest BCUT2D eigenvalue weighted by molar-refractivity contribution is -0.119. The lowest BCUT2D eigenvalue weighted by atomic mass is 10.1. The fraction of sp³-hybridized carbons (Fsp3) is 0.143. The van der Waals surface area contributed by atoms with E-state index in [-0.39, 0.29) is 5.56 Å². The number of rotatable bonds is 6. The fourth-order valence-electron chi connectivity index (χ4n) is 2.72. The molecule has 0 bridgehead atoms. The summed E-state index contributed by atoms with van der Waals surface area (Å²) in [6.45, 7) is 1.35. The first-order valence-electron chi connectivity index (χ1n) is 8.52. The Bertz CT molecular complexity index is 1010. The van der Waals surface area contributed by atoms with Crippen LogP contribution in [0.3, 0.4) is 0 Å². The molecule has 1 unspecified atom stereocenters. The molecule has 3 rings (SSSR count). The van der Waals surface area contributed by atoms with E-state index in [9.17, 15) is 13.8 Å². The Balaban J connectivity index is 1.68. The van der Waals surface area contributed by atoms with E-state index < -0.39 is 29.3 Å². The third-order valence-electron chi connectivity index (χ3n) is 4.01. The third kappa shape index (κ3) is 4.41. The molecule has 0 radical (unpaired) electrons. The van der Waals surface area contributed by atoms with E-state index in [1.807, 2.05) is 36.4 Å². The highest BCUT2D eigenvalue weighted by molar-refractivity contribution is 7.85. The summed E-state index contributed by atoms with van der Waals surface area (Å²) in [6, 6.07) is 19.8. The first kappa shape index (κ1) is 18.8. The molecule has 0 aliphatic rings. The van der Waals surface area contributed by atoms with Gasteiger partial charge in [-0.3, -0.25) is 9.00 Å². The van der Waals surface area contributed by atoms with Crippen molar-refractivity contribution in [2.45, 2.75) is 11.8 Å². The van der Waals surface area contributed by atoms with Crippen molar-refractivity contribution in [2.75, 3.05) is 17.7 Å². The number of carbonyl (C=O) groups excluding carboxylic acids is 2. The number of nitrogens with one attached hydrogen (secondary N) is 1. The predicted octanol–water partition coefficient (Wildman–Crippen LogP) is 3.76. The molecule has 27 heavy (non-hydrogen) atoms. The first-order valence-corrected chi connectivity index (χ1v) is 9.84. The zero-order valence-corrected chi connectivity index (χ0v) is 15.6. The van der Waals surface area contributed by atoms with Crippen LogP contribution in [0.5, 0.6) is 0 Å². The Labute approximate surface area is 159 Å². The summed E-state index contributed by atoms with van der Waals surface area (Å²) in [6.07, 6.45) is 0. The number of fused-ring (bicyclic) bond motifs is 1. The zero-order chi connectivity index (χ0) is 19.2. The Morgan fingerprint density at radius 3 is 2.48 bits per heavy atom. The standard InChI is InChI=1S/C21H19NO4S/c1-2-27(25)19-13-6-5-11-17(19)21(24)26-14-20(23)22-18-12-7-9-15-8-3-4-10-16(15)18/h3-13H,2,14H2,1H3,(H,22,23). The van der Waals surface area contributed by atoms with Crippen LogP contribution >= 0.6 is 0 Å². The van der Waals surface area contributed by atoms with Crippen LogP contribution in [-0.2, 0) is 20.3 Å². The van der Waals surface area contributed by atoms with Gasteiger partial charge >= 0.3 is 5.97 Å². The van der Waals surface area contributed by atoms with Crippen molar-refractivity contribution in [1.29, 1.82) is 0 Å². The molecule has 3 aromatic rings. The average Bonchev–Trinajstić information content (AvgIpc) is 2.71. The Hall–Kier alpha value is -2.99. The molecule has 1 N–H and O–H groups in total. The second-order valence-corrected chi connectivity index (χ2v) is 7.49. The second-order valence-electron chi connectivity index (χ2n) is 5.78. The van der Waals surface area contributed by atoms with Gasteiger partial charge in [-0.1, -0.05) is 55.5 Å². The molecule has 0 saturated carbocycles. The van der Waals surface area contributed by atoms with Crippen LogP contribution in [0.1, 0.15) is 17.3 Å². The van der Waals surface area contributed by atoms with Crippen LogP contribution in [0.25, 0.3) is 10.8 Å². The molecular formula is C21H19NO4S. The van der Waals surface area contributed by atoms with E-state index in [0.717, 1.165) is 10.8 Å². The number of hydrogen-bond donors (Lipinski definition) is 1. The summed E-state index contributed by atoms with van der Waals surface area (Å²) in [5, 5.41) is 4.67. The zero-order valence-electron chi connectivity index (χ0n) is 14.8. The number of hydrogen-bond acceptors (Lipinski definition) is 4. The molecule has 0 aliphatic carbocycles. The Morgan fingerprint density at radius 2 is 1.67 bits per heavy atom. The number of benzene rings is 3. The van der Waals surface area contributed by atoms with Gasteiger partial charge in [0.15, 0.2) is 6.61 Å². The van der Waals surface area contributed by atoms with Gasteiger partial charge in [-0.2, -0.15) is 0 Å². The van der Waals surface area contributed by atoms with Crippen LogP contribution in [0, 0.1) is 0 Å². The van der Waals surface area contributed by atoms with E-state index in [2.05, 4.69) is 5.32 Å². The number of esters is 1. The van der Waals surface area contributed by atoms with E-state index in [1.54, 1.807) is 37.3 Å². The van der Waals surface area contributed by atoms with Gasteiger partial charge in [-0.25, -0.2) is 4.79 Å². The molecule has 0 fully saturated rings. The summed E-state index contributed by atoms with van der Waals surface area (Å²) >= 11 is 0. The molecule has 0 heterocycles. The summed E-state index contributed by atoms with van der Waals surface area (Å²) in [7, 11) is -1.29. The minimum Gasteiger partial charge on any atom is -0.452 e. The molecule has 1 amide bonds. The van der Waals surface area contributed by atoms with Gasteiger partial charge in [-0.15, -0.1) is 0 Å². The Morgan fingerprint density at radius 1 is 0.963 bits per heavy atom. The van der Waals surface area contributed by atoms with E-state index in [4.69, 9.17) is 4.74 Å². The molecule has 0 saturated heterocycles. The van der Waals surface area contributed by atoms with E-state index >= 15 is 0 Å². The largest absolute Gasteiger partial charge is 0.452 e. The third-order valence-corrected chi connectivity index (χ3v) is 5.38. The fourth-order valence-corrected chi connectivity index (χ4v) is 3.66. The SMILES string of the molecule is CCS(=O)c1ccccc1C(=O)OCC(=O)Nc1cccc2ccccc12. The minimum absolute atomic E-state index is 0.218. The average molecular weight is 381 g/mol. The maximum Gasteiger partial charge on any atom is 0.339 e. The smallest absolute Gasteiger partial charge is 0.339 e. The Kier molecular flexibility index (Phi) is 5.98. The first-order chi connectivity index (χ1) is 13.1. The van der Waals surface area contributed by atoms with Crippen molar-refractivity contribution in [2.24, 2.45) is 0 Å². The van der Waals surface area contributed by atoms with Crippen molar-refractivity contribution >= 4 is 39.1 Å². The molecule has 1 atom stereocenters. The van der Waals surface area contributed by atoms with Crippen LogP contribution in [0.2, 0.25) is 0 Å². The van der Waals surface area contributed by atoms with Crippen molar-refractivity contribution in [3.05, 3.63) is 72.3 Å². The van der Waals surface area contributed by atoms with Gasteiger partial charge in [0.25, 0.3) is 5.91 Å². The summed E-state index contributed by atoms with van der Waals surface area (Å²) < 4.78 is 17.2. The summed E-state index contributed by atoms with van der Waals surface area (Å²) in [5.74, 6) is -0.708. The second kappa shape index (κ2) is 8.60. The van der Waals surface area contributed by atoms with Gasteiger partial charge in [0.05, 0.1) is 21.3 Å². The van der Waals surface area contributed by atoms with Gasteiger partial charge in [0.1, 0.15) is 0 Å². The molecule has 3 aromatic carbocycles. The molecule has 0 aromatic heterocycles. The van der Waals surface area contributed by atoms with Gasteiger partial charge in [0.2, 0.25) is 0 Å². The predicted molar refractivity (Wildman–Crippen MR) is 106 cm³/mol. The molecule has 0 aliphatic heterocycles. The number of carbonyl (C=O) groups is 2. The van der Waals surface area contributed by atoms with E-state index in [0.29, 0.717) is 16.3 Å². The van der Waals surface area contributed by atoms with Gasteiger partial charge in [0, 0.05) is 16.8 Å². The maximum atomic E-state index is 12.3.